The smallest absolute Gasteiger partial charge is 0.364 e. The summed E-state index contributed by atoms with van der Waals surface area (Å²) in [6, 6.07) is -3.37. The third-order valence-corrected chi connectivity index (χ3v) is 12.1. The number of carboxylic acid groups (broad SMARTS) is 1. The fourth-order valence-corrected chi connectivity index (χ4v) is 8.43. The van der Waals surface area contributed by atoms with E-state index in [-0.39, 0.29) is 0 Å². The van der Waals surface area contributed by atoms with Gasteiger partial charge in [0.25, 0.3) is 5.79 Å². The van der Waals surface area contributed by atoms with E-state index in [1.807, 2.05) is 0 Å². The first-order chi connectivity index (χ1) is 31.9. The van der Waals surface area contributed by atoms with Crippen LogP contribution in [-0.4, -0.2) is 297 Å². The molecule has 0 aromatic rings. The number of carboxylic acids is 1. The zero-order valence-electron chi connectivity index (χ0n) is 36.2. The Morgan fingerprint density at radius 1 is 0.588 bits per heavy atom. The van der Waals surface area contributed by atoms with Gasteiger partial charge in [0.15, 0.2) is 25.2 Å². The molecule has 1 unspecified atom stereocenters. The summed E-state index contributed by atoms with van der Waals surface area (Å²) in [6.07, 6.45) is -46.1. The predicted molar refractivity (Wildman–Crippen MR) is 207 cm³/mol. The molecular formula is C37H62N2O29. The summed E-state index contributed by atoms with van der Waals surface area (Å²) in [5.41, 5.74) is 0. The molecule has 0 spiro atoms. The third-order valence-electron chi connectivity index (χ3n) is 12.1. The van der Waals surface area contributed by atoms with Gasteiger partial charge in [-0.05, 0) is 0 Å². The minimum Gasteiger partial charge on any atom is -0.477 e. The van der Waals surface area contributed by atoms with Gasteiger partial charge in [0.1, 0.15) is 116 Å². The fraction of sp³-hybridized carbons (Fsp3) is 0.919. The number of amides is 2. The minimum absolute atomic E-state index is 0.776. The molecule has 68 heavy (non-hydrogen) atoms. The largest absolute Gasteiger partial charge is 0.477 e. The highest BCUT2D eigenvalue weighted by molar-refractivity contribution is 5.76. The molecule has 5 heterocycles. The van der Waals surface area contributed by atoms with Crippen LogP contribution in [0.25, 0.3) is 0 Å². The van der Waals surface area contributed by atoms with Crippen LogP contribution in [-0.2, 0) is 57.0 Å². The van der Waals surface area contributed by atoms with Crippen LogP contribution in [0, 0.1) is 0 Å². The summed E-state index contributed by atoms with van der Waals surface area (Å²) < 4.78 is 50.3. The van der Waals surface area contributed by atoms with Crippen LogP contribution in [0.3, 0.4) is 0 Å². The summed E-state index contributed by atoms with van der Waals surface area (Å²) in [4.78, 5) is 37.1. The Kier molecular flexibility index (Phi) is 19.7. The maximum atomic E-state index is 12.7. The second-order valence-corrected chi connectivity index (χ2v) is 16.9. The van der Waals surface area contributed by atoms with E-state index >= 15 is 0 Å². The number of rotatable bonds is 18. The SMILES string of the molecule is CC(=O)N[C@H]1[C@H](O[C@H]2[C@@H](O)[C@@H](CO)O[C@@H](O[C@H]3[C@H](O)[C@@H](O)C(O)O[C@@H]3CO)[C@@H]2O)O[C@H](CO)[C@@H](O[C@@H]2O[C@H](CO[C@]3(C(=O)O)C[C@H](O)[C@@H](NC(C)=O)[C@H]([C@H](O)[C@H](O)CO)O3)[C@H](O)[C@H](O)[C@H]2O)[C@@H]1O. The number of carbonyl (C=O) groups is 3. The van der Waals surface area contributed by atoms with Crippen LogP contribution in [0.4, 0.5) is 0 Å². The lowest BCUT2D eigenvalue weighted by Gasteiger charge is -2.50. The van der Waals surface area contributed by atoms with Crippen LogP contribution in [0.15, 0.2) is 0 Å². The molecule has 0 aliphatic carbocycles. The van der Waals surface area contributed by atoms with Gasteiger partial charge in [-0.1, -0.05) is 0 Å². The maximum absolute atomic E-state index is 12.7. The van der Waals surface area contributed by atoms with E-state index in [9.17, 15) is 101 Å². The zero-order chi connectivity index (χ0) is 50.7. The van der Waals surface area contributed by atoms with Crippen molar-refractivity contribution in [2.24, 2.45) is 0 Å². The molecule has 5 fully saturated rings. The maximum Gasteiger partial charge on any atom is 0.364 e. The average molecular weight is 999 g/mol. The molecule has 5 rings (SSSR count). The topological polar surface area (TPSA) is 502 Å². The van der Waals surface area contributed by atoms with Gasteiger partial charge in [0.2, 0.25) is 11.8 Å². The van der Waals surface area contributed by atoms with Crippen molar-refractivity contribution in [2.75, 3.05) is 33.0 Å². The second kappa shape index (κ2) is 23.8. The van der Waals surface area contributed by atoms with Gasteiger partial charge >= 0.3 is 5.97 Å². The number of ether oxygens (including phenoxy) is 9. The van der Waals surface area contributed by atoms with Crippen molar-refractivity contribution in [3.63, 3.8) is 0 Å². The lowest BCUT2D eigenvalue weighted by molar-refractivity contribution is -0.381. The molecule has 5 saturated heterocycles. The molecule has 0 saturated carbocycles. The van der Waals surface area contributed by atoms with Gasteiger partial charge < -0.3 is 140 Å². The van der Waals surface area contributed by atoms with Crippen LogP contribution >= 0.6 is 0 Å². The molecule has 26 atom stereocenters. The Morgan fingerprint density at radius 2 is 1.10 bits per heavy atom. The number of hydrogen-bond acceptors (Lipinski definition) is 28. The number of aliphatic hydroxyl groups excluding tert-OH is 16. The first-order valence-corrected chi connectivity index (χ1v) is 21.2. The minimum atomic E-state index is -2.96. The number of carbonyl (C=O) groups excluding carboxylic acids is 2. The van der Waals surface area contributed by atoms with E-state index in [0.29, 0.717) is 0 Å². The summed E-state index contributed by atoms with van der Waals surface area (Å²) in [7, 11) is 0. The van der Waals surface area contributed by atoms with Gasteiger partial charge in [0, 0.05) is 20.3 Å². The van der Waals surface area contributed by atoms with E-state index in [2.05, 4.69) is 10.6 Å². The molecule has 394 valence electrons. The van der Waals surface area contributed by atoms with Gasteiger partial charge in [-0.2, -0.15) is 0 Å². The van der Waals surface area contributed by atoms with Crippen molar-refractivity contribution in [3.8, 4) is 0 Å². The Hall–Kier alpha value is -2.59. The van der Waals surface area contributed by atoms with Gasteiger partial charge in [-0.15, -0.1) is 0 Å². The highest BCUT2D eigenvalue weighted by Gasteiger charge is 2.59. The summed E-state index contributed by atoms with van der Waals surface area (Å²) in [5.74, 6) is -6.55. The number of aliphatic carboxylic acids is 1. The monoisotopic (exact) mass is 998 g/mol. The van der Waals surface area contributed by atoms with Crippen molar-refractivity contribution in [1.82, 2.24) is 10.6 Å². The van der Waals surface area contributed by atoms with Crippen LogP contribution in [0.5, 0.6) is 0 Å². The van der Waals surface area contributed by atoms with Crippen molar-refractivity contribution in [3.05, 3.63) is 0 Å². The van der Waals surface area contributed by atoms with E-state index < -0.39 is 216 Å². The standard InChI is InChI=1S/C37H62N2O29/c1-9(44)38-17-11(46)3-37(36(58)59,68-30(17)19(48)12(47)4-40)60-8-16-20(49)23(52)26(55)34(64-16)65-28-15(7-43)63-33(18(22(28)51)39-10(2)45)67-31-21(50)13(5-41)62-35(27(31)56)66-29-14(6-42)61-32(57)25(54)24(29)53/h11-35,40-43,46-57H,3-8H2,1-2H3,(H,38,44)(H,39,45)(H,58,59)/t11-,12+,13+,14+,15+,16+,17+,18+,19+,20-,21-,22+,23-,24+,25+,26+,27+,28+,29+,30+,31-,32?,33-,34-,35-,37+/m0/s1. The molecule has 0 aromatic heterocycles. The van der Waals surface area contributed by atoms with E-state index in [1.54, 1.807) is 0 Å². The van der Waals surface area contributed by atoms with Crippen molar-refractivity contribution >= 4 is 17.8 Å². The molecule has 0 radical (unpaired) electrons. The van der Waals surface area contributed by atoms with E-state index in [4.69, 9.17) is 42.6 Å². The molecule has 31 nitrogen and oxygen atoms in total. The molecular weight excluding hydrogens is 936 g/mol. The Bertz CT molecular complexity index is 1660. The van der Waals surface area contributed by atoms with Gasteiger partial charge in [0.05, 0.1) is 45.2 Å². The van der Waals surface area contributed by atoms with E-state index in [0.717, 1.165) is 13.8 Å². The first-order valence-electron chi connectivity index (χ1n) is 21.2. The lowest BCUT2D eigenvalue weighted by atomic mass is 9.88. The fourth-order valence-electron chi connectivity index (χ4n) is 8.43. The molecule has 2 amide bonds. The highest BCUT2D eigenvalue weighted by Crippen LogP contribution is 2.37. The van der Waals surface area contributed by atoms with E-state index in [1.165, 1.54) is 0 Å². The number of hydrogen-bond donors (Lipinski definition) is 19. The number of aliphatic hydroxyl groups is 16. The van der Waals surface area contributed by atoms with Gasteiger partial charge in [-0.25, -0.2) is 4.79 Å². The van der Waals surface area contributed by atoms with Crippen molar-refractivity contribution < 1.29 is 144 Å². The van der Waals surface area contributed by atoms with Crippen LogP contribution in [0.1, 0.15) is 20.3 Å². The summed E-state index contributed by atoms with van der Waals surface area (Å²) >= 11 is 0. The summed E-state index contributed by atoms with van der Waals surface area (Å²) in [6.45, 7) is -3.11. The summed E-state index contributed by atoms with van der Waals surface area (Å²) in [5, 5.41) is 184. The van der Waals surface area contributed by atoms with Crippen LogP contribution in [0.2, 0.25) is 0 Å². The van der Waals surface area contributed by atoms with Crippen molar-refractivity contribution in [1.29, 1.82) is 0 Å². The highest BCUT2D eigenvalue weighted by atomic mass is 16.8. The number of nitrogens with one attached hydrogen (secondary N) is 2. The molecule has 5 aliphatic rings. The third kappa shape index (κ3) is 12.0. The first kappa shape index (κ1) is 56.3. The quantitative estimate of drug-likeness (QED) is 0.0606. The normalized spacial score (nSPS) is 46.6. The molecule has 19 N–H and O–H groups in total. The second-order valence-electron chi connectivity index (χ2n) is 16.9. The Balaban J connectivity index is 1.35. The average Bonchev–Trinajstić information content (AvgIpc) is 3.29. The predicted octanol–water partition coefficient (Wildman–Crippen LogP) is -12.4. The Labute approximate surface area is 384 Å². The molecule has 0 bridgehead atoms. The zero-order valence-corrected chi connectivity index (χ0v) is 36.2. The Morgan fingerprint density at radius 3 is 1.66 bits per heavy atom. The van der Waals surface area contributed by atoms with Crippen LogP contribution < -0.4 is 10.6 Å². The molecule has 5 aliphatic heterocycles. The van der Waals surface area contributed by atoms with Crippen molar-refractivity contribution in [2.45, 2.75) is 179 Å². The molecule has 31 heteroatoms. The lowest BCUT2D eigenvalue weighted by Crippen LogP contribution is -2.70. The van der Waals surface area contributed by atoms with Gasteiger partial charge in [-0.3, -0.25) is 9.59 Å². The molecule has 0 aromatic carbocycles.